The van der Waals surface area contributed by atoms with E-state index in [-0.39, 0.29) is 37.2 Å². The zero-order valence-electron chi connectivity index (χ0n) is 17.8. The van der Waals surface area contributed by atoms with Gasteiger partial charge in [0.2, 0.25) is 8.32 Å². The molecule has 0 aromatic heterocycles. The van der Waals surface area contributed by atoms with Gasteiger partial charge in [0.15, 0.2) is 8.32 Å². The van der Waals surface area contributed by atoms with Gasteiger partial charge in [-0.3, -0.25) is 0 Å². The summed E-state index contributed by atoms with van der Waals surface area (Å²) in [5, 5.41) is 0. The predicted molar refractivity (Wildman–Crippen MR) is 122 cm³/mol. The van der Waals surface area contributed by atoms with Gasteiger partial charge in [-0.05, 0) is 65.1 Å². The number of halogens is 3. The van der Waals surface area contributed by atoms with Crippen LogP contribution in [0.5, 0.6) is 0 Å². The molecule has 0 saturated carbocycles. The third-order valence-corrected chi connectivity index (χ3v) is 7.24. The maximum absolute atomic E-state index is 14.9. The molecule has 1 aromatic carbocycles. The molecule has 9 heteroatoms. The fraction of sp³-hybridized carbons (Fsp3) is 0.667. The van der Waals surface area contributed by atoms with Gasteiger partial charge in [-0.1, -0.05) is 12.1 Å². The number of benzene rings is 1. The molecule has 1 atom stereocenters. The molecule has 0 aliphatic carbocycles. The van der Waals surface area contributed by atoms with Crippen molar-refractivity contribution < 1.29 is 13.2 Å². The topological polar surface area (TPSA) is 70.5 Å². The Kier molecular flexibility index (Phi) is 11.0. The standard InChI is InChI=1S/C18H35FN2O2Si2.2ClH/c1-17(2,22-25(7,8)13-21)16-14(10-9-11-15(16)19)18(3,12-20)23-24(4,5)6;;/h9-11H,12-13,20-21H2,1-8H3;2*1H. The smallest absolute Gasteiger partial charge is 0.201 e. The van der Waals surface area contributed by atoms with Crippen LogP contribution >= 0.6 is 24.8 Å². The van der Waals surface area contributed by atoms with E-state index in [1.807, 2.05) is 39.9 Å². The first-order valence-corrected chi connectivity index (χ1v) is 15.3. The second-order valence-electron chi connectivity index (χ2n) is 8.89. The molecule has 27 heavy (non-hydrogen) atoms. The van der Waals surface area contributed by atoms with Crippen LogP contribution in [0, 0.1) is 5.82 Å². The van der Waals surface area contributed by atoms with E-state index in [2.05, 4.69) is 19.6 Å². The quantitative estimate of drug-likeness (QED) is 0.555. The molecular formula is C18H37Cl2FN2O2Si2. The van der Waals surface area contributed by atoms with Gasteiger partial charge in [0.1, 0.15) is 5.82 Å². The van der Waals surface area contributed by atoms with Crippen molar-refractivity contribution in [2.45, 2.75) is 64.7 Å². The van der Waals surface area contributed by atoms with Gasteiger partial charge in [0, 0.05) is 18.3 Å². The minimum absolute atomic E-state index is 0. The zero-order valence-corrected chi connectivity index (χ0v) is 21.4. The summed E-state index contributed by atoms with van der Waals surface area (Å²) < 4.78 is 27.7. The number of hydrogen-bond acceptors (Lipinski definition) is 4. The van der Waals surface area contributed by atoms with Crippen LogP contribution in [-0.4, -0.2) is 29.3 Å². The fourth-order valence-electron chi connectivity index (χ4n) is 3.24. The Hall–Kier alpha value is 0.00377. The number of rotatable bonds is 8. The zero-order chi connectivity index (χ0) is 19.7. The van der Waals surface area contributed by atoms with Crippen LogP contribution in [0.15, 0.2) is 18.2 Å². The molecule has 4 N–H and O–H groups in total. The highest BCUT2D eigenvalue weighted by atomic mass is 35.5. The van der Waals surface area contributed by atoms with Gasteiger partial charge < -0.3 is 20.3 Å². The van der Waals surface area contributed by atoms with E-state index in [9.17, 15) is 4.39 Å². The Balaban J connectivity index is 0. The van der Waals surface area contributed by atoms with Gasteiger partial charge in [0.25, 0.3) is 0 Å². The molecule has 0 saturated heterocycles. The van der Waals surface area contributed by atoms with E-state index in [0.717, 1.165) is 5.56 Å². The minimum atomic E-state index is -2.11. The van der Waals surface area contributed by atoms with Gasteiger partial charge in [-0.2, -0.15) is 0 Å². The predicted octanol–water partition coefficient (Wildman–Crippen LogP) is 4.65. The van der Waals surface area contributed by atoms with Crippen molar-refractivity contribution in [3.8, 4) is 0 Å². The normalized spacial score (nSPS) is 14.8. The first-order chi connectivity index (χ1) is 11.2. The van der Waals surface area contributed by atoms with Crippen LogP contribution in [0.25, 0.3) is 0 Å². The molecule has 1 rings (SSSR count). The van der Waals surface area contributed by atoms with E-state index in [4.69, 9.17) is 20.3 Å². The van der Waals surface area contributed by atoms with Crippen LogP contribution in [0.4, 0.5) is 4.39 Å². The molecule has 0 aliphatic heterocycles. The summed E-state index contributed by atoms with van der Waals surface area (Å²) >= 11 is 0. The molecule has 0 amide bonds. The van der Waals surface area contributed by atoms with Crippen LogP contribution in [0.1, 0.15) is 31.9 Å². The largest absolute Gasteiger partial charge is 0.407 e. The maximum atomic E-state index is 14.9. The second kappa shape index (κ2) is 10.2. The lowest BCUT2D eigenvalue weighted by molar-refractivity contribution is 0.0637. The SMILES string of the molecule is CC(C)(O[Si](C)(C)CN)c1c(F)cccc1C(C)(CN)O[Si](C)(C)C.Cl.Cl. The maximum Gasteiger partial charge on any atom is 0.201 e. The number of hydrogen-bond donors (Lipinski definition) is 2. The number of nitrogens with two attached hydrogens (primary N) is 2. The van der Waals surface area contributed by atoms with Crippen molar-refractivity contribution in [1.82, 2.24) is 0 Å². The summed E-state index contributed by atoms with van der Waals surface area (Å²) in [4.78, 5) is 0. The third-order valence-electron chi connectivity index (χ3n) is 4.13. The first kappa shape index (κ1) is 29.2. The Morgan fingerprint density at radius 3 is 1.89 bits per heavy atom. The Labute approximate surface area is 178 Å². The van der Waals surface area contributed by atoms with Crippen molar-refractivity contribution in [2.24, 2.45) is 11.5 Å². The lowest BCUT2D eigenvalue weighted by atomic mass is 9.84. The van der Waals surface area contributed by atoms with Crippen molar-refractivity contribution in [2.75, 3.05) is 12.7 Å². The van der Waals surface area contributed by atoms with Crippen molar-refractivity contribution in [1.29, 1.82) is 0 Å². The van der Waals surface area contributed by atoms with Crippen molar-refractivity contribution >= 4 is 41.4 Å². The van der Waals surface area contributed by atoms with Crippen molar-refractivity contribution in [3.05, 3.63) is 35.1 Å². The summed E-state index contributed by atoms with van der Waals surface area (Å²) in [6.45, 7) is 16.4. The summed E-state index contributed by atoms with van der Waals surface area (Å²) in [6.07, 6.45) is 0.472. The molecule has 0 radical (unpaired) electrons. The van der Waals surface area contributed by atoms with Gasteiger partial charge in [-0.25, -0.2) is 4.39 Å². The first-order valence-electron chi connectivity index (χ1n) is 8.77. The van der Waals surface area contributed by atoms with E-state index < -0.39 is 27.8 Å². The summed E-state index contributed by atoms with van der Waals surface area (Å²) in [5.74, 6) is -0.303. The highest BCUT2D eigenvalue weighted by Gasteiger charge is 2.41. The fourth-order valence-corrected chi connectivity index (χ4v) is 6.35. The van der Waals surface area contributed by atoms with E-state index in [1.165, 1.54) is 6.07 Å². The van der Waals surface area contributed by atoms with Gasteiger partial charge >= 0.3 is 0 Å². The molecule has 0 aliphatic rings. The molecule has 4 nitrogen and oxygen atoms in total. The second-order valence-corrected chi connectivity index (χ2v) is 17.4. The van der Waals surface area contributed by atoms with Crippen LogP contribution in [0.2, 0.25) is 32.7 Å². The molecule has 160 valence electrons. The minimum Gasteiger partial charge on any atom is -0.407 e. The summed E-state index contributed by atoms with van der Waals surface area (Å²) in [5.41, 5.74) is 11.6. The average molecular weight is 460 g/mol. The molecule has 0 spiro atoms. The summed E-state index contributed by atoms with van der Waals surface area (Å²) in [7, 11) is -4.01. The van der Waals surface area contributed by atoms with Crippen LogP contribution < -0.4 is 11.5 Å². The monoisotopic (exact) mass is 458 g/mol. The van der Waals surface area contributed by atoms with Crippen molar-refractivity contribution in [3.63, 3.8) is 0 Å². The lowest BCUT2D eigenvalue weighted by Gasteiger charge is -2.42. The highest BCUT2D eigenvalue weighted by Crippen LogP contribution is 2.39. The molecule has 0 fully saturated rings. The molecule has 0 bridgehead atoms. The van der Waals surface area contributed by atoms with E-state index in [1.54, 1.807) is 6.07 Å². The van der Waals surface area contributed by atoms with E-state index >= 15 is 0 Å². The molecule has 1 aromatic rings. The molecule has 1 unspecified atom stereocenters. The Bertz CT molecular complexity index is 614. The Morgan fingerprint density at radius 1 is 0.963 bits per heavy atom. The Morgan fingerprint density at radius 2 is 1.48 bits per heavy atom. The van der Waals surface area contributed by atoms with E-state index in [0.29, 0.717) is 11.7 Å². The summed E-state index contributed by atoms with van der Waals surface area (Å²) in [6, 6.07) is 5.07. The van der Waals surface area contributed by atoms with Crippen LogP contribution in [-0.2, 0) is 20.1 Å². The highest BCUT2D eigenvalue weighted by molar-refractivity contribution is 6.71. The third kappa shape index (κ3) is 7.74. The average Bonchev–Trinajstić information content (AvgIpc) is 2.43. The van der Waals surface area contributed by atoms with Crippen LogP contribution in [0.3, 0.4) is 0 Å². The van der Waals surface area contributed by atoms with Gasteiger partial charge in [-0.15, -0.1) is 24.8 Å². The molecule has 0 heterocycles. The van der Waals surface area contributed by atoms with Gasteiger partial charge in [0.05, 0.1) is 11.2 Å². The molecular weight excluding hydrogens is 422 g/mol. The lowest BCUT2D eigenvalue weighted by Crippen LogP contribution is -2.48.